The molecule has 1 unspecified atom stereocenters. The molecule has 2 N–H and O–H groups in total. The predicted octanol–water partition coefficient (Wildman–Crippen LogP) is 3.39. The van der Waals surface area contributed by atoms with Crippen LogP contribution in [-0.4, -0.2) is 23.8 Å². The molecule has 0 aliphatic heterocycles. The first-order valence-corrected chi connectivity index (χ1v) is 7.01. The summed E-state index contributed by atoms with van der Waals surface area (Å²) in [6.07, 6.45) is 3.43. The van der Waals surface area contributed by atoms with Gasteiger partial charge in [-0.1, -0.05) is 19.8 Å². The Labute approximate surface area is 119 Å². The SMILES string of the molecule is CCCCC(C)n1c(N)nc2cc(OC)c(OC)cc21. The Hall–Kier alpha value is -1.91. The van der Waals surface area contributed by atoms with Crippen LogP contribution in [0.2, 0.25) is 0 Å². The lowest BCUT2D eigenvalue weighted by Gasteiger charge is -2.16. The molecule has 0 saturated heterocycles. The summed E-state index contributed by atoms with van der Waals surface area (Å²) in [5.41, 5.74) is 7.91. The number of benzene rings is 1. The highest BCUT2D eigenvalue weighted by Gasteiger charge is 2.16. The van der Waals surface area contributed by atoms with Gasteiger partial charge in [0.25, 0.3) is 0 Å². The van der Waals surface area contributed by atoms with E-state index in [9.17, 15) is 0 Å². The molecule has 2 rings (SSSR count). The van der Waals surface area contributed by atoms with Crippen molar-refractivity contribution in [2.45, 2.75) is 39.2 Å². The number of nitrogen functional groups attached to an aromatic ring is 1. The number of aromatic nitrogens is 2. The van der Waals surface area contributed by atoms with E-state index >= 15 is 0 Å². The van der Waals surface area contributed by atoms with Crippen LogP contribution in [0.5, 0.6) is 11.5 Å². The minimum absolute atomic E-state index is 0.318. The predicted molar refractivity (Wildman–Crippen MR) is 81.5 cm³/mol. The van der Waals surface area contributed by atoms with Crippen LogP contribution in [0, 0.1) is 0 Å². The second-order valence-electron chi connectivity index (χ2n) is 5.03. The van der Waals surface area contributed by atoms with Gasteiger partial charge in [0, 0.05) is 18.2 Å². The molecule has 20 heavy (non-hydrogen) atoms. The highest BCUT2D eigenvalue weighted by Crippen LogP contribution is 2.34. The fourth-order valence-electron chi connectivity index (χ4n) is 2.53. The number of unbranched alkanes of at least 4 members (excludes halogenated alkanes) is 1. The van der Waals surface area contributed by atoms with Crippen molar-refractivity contribution in [1.82, 2.24) is 9.55 Å². The van der Waals surface area contributed by atoms with Gasteiger partial charge in [-0.3, -0.25) is 0 Å². The summed E-state index contributed by atoms with van der Waals surface area (Å²) in [6.45, 7) is 4.36. The Kier molecular flexibility index (Phi) is 4.37. The molecule has 110 valence electrons. The second-order valence-corrected chi connectivity index (χ2v) is 5.03. The number of rotatable bonds is 6. The normalized spacial score (nSPS) is 12.6. The fourth-order valence-corrected chi connectivity index (χ4v) is 2.53. The lowest BCUT2D eigenvalue weighted by molar-refractivity contribution is 0.355. The van der Waals surface area contributed by atoms with Crippen molar-refractivity contribution >= 4 is 17.0 Å². The lowest BCUT2D eigenvalue weighted by Crippen LogP contribution is -2.08. The Morgan fingerprint density at radius 2 is 1.90 bits per heavy atom. The summed E-state index contributed by atoms with van der Waals surface area (Å²) in [5.74, 6) is 1.91. The average molecular weight is 277 g/mol. The third-order valence-corrected chi connectivity index (χ3v) is 3.64. The van der Waals surface area contributed by atoms with E-state index in [1.54, 1.807) is 14.2 Å². The monoisotopic (exact) mass is 277 g/mol. The number of hydrogen-bond donors (Lipinski definition) is 1. The van der Waals surface area contributed by atoms with Crippen molar-refractivity contribution in [3.63, 3.8) is 0 Å². The van der Waals surface area contributed by atoms with Crippen molar-refractivity contribution in [1.29, 1.82) is 0 Å². The van der Waals surface area contributed by atoms with Gasteiger partial charge in [-0.15, -0.1) is 0 Å². The van der Waals surface area contributed by atoms with Crippen molar-refractivity contribution in [2.75, 3.05) is 20.0 Å². The first-order valence-electron chi connectivity index (χ1n) is 7.01. The van der Waals surface area contributed by atoms with Crippen LogP contribution >= 0.6 is 0 Å². The Bertz CT molecular complexity index is 592. The first kappa shape index (κ1) is 14.5. The van der Waals surface area contributed by atoms with E-state index in [0.29, 0.717) is 23.5 Å². The Balaban J connectivity index is 2.51. The summed E-state index contributed by atoms with van der Waals surface area (Å²) in [6, 6.07) is 4.13. The number of fused-ring (bicyclic) bond motifs is 1. The van der Waals surface area contributed by atoms with Crippen LogP contribution < -0.4 is 15.2 Å². The van der Waals surface area contributed by atoms with Gasteiger partial charge in [0.2, 0.25) is 5.95 Å². The Morgan fingerprint density at radius 3 is 2.50 bits per heavy atom. The van der Waals surface area contributed by atoms with E-state index < -0.39 is 0 Å². The van der Waals surface area contributed by atoms with Gasteiger partial charge < -0.3 is 19.8 Å². The van der Waals surface area contributed by atoms with Gasteiger partial charge in [-0.05, 0) is 13.3 Å². The standard InChI is InChI=1S/C15H23N3O2/c1-5-6-7-10(2)18-12-9-14(20-4)13(19-3)8-11(12)17-15(18)16/h8-10H,5-7H2,1-4H3,(H2,16,17). The molecule has 0 aliphatic carbocycles. The topological polar surface area (TPSA) is 62.3 Å². The lowest BCUT2D eigenvalue weighted by atomic mass is 10.1. The summed E-state index contributed by atoms with van der Waals surface area (Å²) in [5, 5.41) is 0. The molecule has 1 aromatic heterocycles. The molecule has 5 nitrogen and oxygen atoms in total. The summed E-state index contributed by atoms with van der Waals surface area (Å²) in [4.78, 5) is 4.43. The summed E-state index contributed by atoms with van der Waals surface area (Å²) >= 11 is 0. The molecule has 1 heterocycles. The van der Waals surface area contributed by atoms with Crippen LogP contribution in [0.1, 0.15) is 39.2 Å². The van der Waals surface area contributed by atoms with Gasteiger partial charge >= 0.3 is 0 Å². The van der Waals surface area contributed by atoms with Gasteiger partial charge in [-0.2, -0.15) is 0 Å². The quantitative estimate of drug-likeness (QED) is 0.879. The van der Waals surface area contributed by atoms with Gasteiger partial charge in [0.15, 0.2) is 11.5 Å². The van der Waals surface area contributed by atoms with E-state index in [1.807, 2.05) is 12.1 Å². The summed E-state index contributed by atoms with van der Waals surface area (Å²) in [7, 11) is 3.25. The Morgan fingerprint density at radius 1 is 1.25 bits per heavy atom. The van der Waals surface area contributed by atoms with Crippen LogP contribution in [0.3, 0.4) is 0 Å². The number of hydrogen-bond acceptors (Lipinski definition) is 4. The maximum atomic E-state index is 6.08. The van der Waals surface area contributed by atoms with E-state index in [0.717, 1.165) is 17.5 Å². The average Bonchev–Trinajstić information content (AvgIpc) is 2.77. The molecular formula is C15H23N3O2. The molecule has 5 heteroatoms. The molecule has 1 atom stereocenters. The van der Waals surface area contributed by atoms with E-state index in [2.05, 4.69) is 23.4 Å². The second kappa shape index (κ2) is 6.03. The third-order valence-electron chi connectivity index (χ3n) is 3.64. The van der Waals surface area contributed by atoms with Crippen molar-refractivity contribution in [3.8, 4) is 11.5 Å². The minimum Gasteiger partial charge on any atom is -0.493 e. The number of methoxy groups -OCH3 is 2. The zero-order valence-corrected chi connectivity index (χ0v) is 12.6. The van der Waals surface area contributed by atoms with Crippen LogP contribution in [-0.2, 0) is 0 Å². The van der Waals surface area contributed by atoms with Crippen LogP contribution in [0.25, 0.3) is 11.0 Å². The van der Waals surface area contributed by atoms with E-state index in [4.69, 9.17) is 15.2 Å². The molecule has 0 aliphatic rings. The maximum Gasteiger partial charge on any atom is 0.201 e. The van der Waals surface area contributed by atoms with E-state index in [-0.39, 0.29) is 0 Å². The zero-order valence-electron chi connectivity index (χ0n) is 12.6. The number of imidazole rings is 1. The molecular weight excluding hydrogens is 254 g/mol. The summed E-state index contributed by atoms with van der Waals surface area (Å²) < 4.78 is 12.7. The van der Waals surface area contributed by atoms with Gasteiger partial charge in [0.1, 0.15) is 0 Å². The molecule has 0 saturated carbocycles. The van der Waals surface area contributed by atoms with Crippen molar-refractivity contribution < 1.29 is 9.47 Å². The van der Waals surface area contributed by atoms with Gasteiger partial charge in [0.05, 0.1) is 25.3 Å². The molecule has 0 fully saturated rings. The van der Waals surface area contributed by atoms with Crippen molar-refractivity contribution in [2.24, 2.45) is 0 Å². The number of nitrogens with two attached hydrogens (primary N) is 1. The molecule has 0 bridgehead atoms. The molecule has 1 aromatic carbocycles. The van der Waals surface area contributed by atoms with E-state index in [1.165, 1.54) is 12.8 Å². The number of ether oxygens (including phenoxy) is 2. The zero-order chi connectivity index (χ0) is 14.7. The van der Waals surface area contributed by atoms with Gasteiger partial charge in [-0.25, -0.2) is 4.98 Å². The highest BCUT2D eigenvalue weighted by molar-refractivity contribution is 5.82. The molecule has 0 radical (unpaired) electrons. The number of nitrogens with zero attached hydrogens (tertiary/aromatic N) is 2. The minimum atomic E-state index is 0.318. The maximum absolute atomic E-state index is 6.08. The molecule has 0 spiro atoms. The molecule has 2 aromatic rings. The molecule has 0 amide bonds. The third kappa shape index (κ3) is 2.53. The van der Waals surface area contributed by atoms with Crippen LogP contribution in [0.15, 0.2) is 12.1 Å². The number of anilines is 1. The van der Waals surface area contributed by atoms with Crippen LogP contribution in [0.4, 0.5) is 5.95 Å². The highest BCUT2D eigenvalue weighted by atomic mass is 16.5. The largest absolute Gasteiger partial charge is 0.493 e. The smallest absolute Gasteiger partial charge is 0.201 e. The van der Waals surface area contributed by atoms with Crippen molar-refractivity contribution in [3.05, 3.63) is 12.1 Å². The fraction of sp³-hybridized carbons (Fsp3) is 0.533. The first-order chi connectivity index (χ1) is 9.62.